The molecule has 1 N–H and O–H groups in total. The van der Waals surface area contributed by atoms with Crippen molar-refractivity contribution in [1.29, 1.82) is 0 Å². The van der Waals surface area contributed by atoms with E-state index >= 15 is 0 Å². The van der Waals surface area contributed by atoms with Gasteiger partial charge in [-0.15, -0.1) is 0 Å². The van der Waals surface area contributed by atoms with Gasteiger partial charge < -0.3 is 24.4 Å². The Morgan fingerprint density at radius 3 is 2.41 bits per heavy atom. The number of carbonyl (C=O) groups is 2. The summed E-state index contributed by atoms with van der Waals surface area (Å²) in [6.07, 6.45) is 2.05. The molecule has 2 heterocycles. The second-order valence-electron chi connectivity index (χ2n) is 10.1. The van der Waals surface area contributed by atoms with Crippen LogP contribution in [0, 0.1) is 6.92 Å². The molecule has 7 heteroatoms. The van der Waals surface area contributed by atoms with Gasteiger partial charge in [-0.3, -0.25) is 4.79 Å². The van der Waals surface area contributed by atoms with Crippen LogP contribution in [0.25, 0.3) is 0 Å². The number of aryl methyl sites for hydroxylation is 1. The summed E-state index contributed by atoms with van der Waals surface area (Å²) in [7, 11) is 0. The van der Waals surface area contributed by atoms with Crippen LogP contribution in [0.5, 0.6) is 11.5 Å². The number of amides is 3. The largest absolute Gasteiger partial charge is 0.457 e. The normalized spacial score (nSPS) is 14.6. The van der Waals surface area contributed by atoms with Gasteiger partial charge in [-0.05, 0) is 74.9 Å². The molecule has 1 aliphatic rings. The van der Waals surface area contributed by atoms with Gasteiger partial charge in [-0.1, -0.05) is 48.0 Å². The minimum absolute atomic E-state index is 0.0211. The van der Waals surface area contributed by atoms with Crippen molar-refractivity contribution in [2.24, 2.45) is 0 Å². The highest BCUT2D eigenvalue weighted by molar-refractivity contribution is 5.92. The van der Waals surface area contributed by atoms with Crippen LogP contribution in [0.2, 0.25) is 0 Å². The molecule has 0 radical (unpaired) electrons. The summed E-state index contributed by atoms with van der Waals surface area (Å²) < 4.78 is 8.28. The molecule has 0 bridgehead atoms. The predicted octanol–water partition coefficient (Wildman–Crippen LogP) is 6.46. The molecule has 0 saturated heterocycles. The van der Waals surface area contributed by atoms with Crippen LogP contribution in [-0.4, -0.2) is 45.4 Å². The molecular weight excluding hydrogens is 488 g/mol. The Kier molecular flexibility index (Phi) is 7.68. The lowest BCUT2D eigenvalue weighted by Crippen LogP contribution is -2.50. The van der Waals surface area contributed by atoms with E-state index in [0.717, 1.165) is 22.6 Å². The first-order valence-electron chi connectivity index (χ1n) is 13.3. The summed E-state index contributed by atoms with van der Waals surface area (Å²) in [4.78, 5) is 30.5. The van der Waals surface area contributed by atoms with Crippen LogP contribution >= 0.6 is 0 Å². The van der Waals surface area contributed by atoms with Crippen LogP contribution in [0.3, 0.4) is 0 Å². The number of nitrogens with one attached hydrogen (secondary N) is 1. The van der Waals surface area contributed by atoms with Crippen molar-refractivity contribution in [3.63, 3.8) is 0 Å². The molecule has 1 atom stereocenters. The molecular formula is C32H34N4O3. The number of fused-ring (bicyclic) bond motifs is 1. The van der Waals surface area contributed by atoms with Crippen molar-refractivity contribution in [3.8, 4) is 11.5 Å². The quantitative estimate of drug-likeness (QED) is 0.303. The summed E-state index contributed by atoms with van der Waals surface area (Å²) in [6.45, 7) is 7.06. The van der Waals surface area contributed by atoms with E-state index in [-0.39, 0.29) is 30.6 Å². The van der Waals surface area contributed by atoms with Gasteiger partial charge in [0.05, 0.1) is 6.04 Å². The average Bonchev–Trinajstić information content (AvgIpc) is 3.42. The summed E-state index contributed by atoms with van der Waals surface area (Å²) in [5, 5.41) is 2.94. The van der Waals surface area contributed by atoms with Gasteiger partial charge in [0, 0.05) is 36.7 Å². The fourth-order valence-electron chi connectivity index (χ4n) is 4.93. The minimum Gasteiger partial charge on any atom is -0.457 e. The number of hydrogen-bond donors (Lipinski definition) is 1. The summed E-state index contributed by atoms with van der Waals surface area (Å²) >= 11 is 0. The van der Waals surface area contributed by atoms with Crippen LogP contribution in [0.15, 0.2) is 97.2 Å². The lowest BCUT2D eigenvalue weighted by Gasteiger charge is -2.39. The van der Waals surface area contributed by atoms with Gasteiger partial charge in [0.1, 0.15) is 18.0 Å². The highest BCUT2D eigenvalue weighted by atomic mass is 16.5. The zero-order valence-corrected chi connectivity index (χ0v) is 22.6. The molecule has 3 amide bonds. The van der Waals surface area contributed by atoms with E-state index in [9.17, 15) is 9.59 Å². The maximum atomic E-state index is 13.9. The lowest BCUT2D eigenvalue weighted by atomic mass is 9.99. The second kappa shape index (κ2) is 11.5. The van der Waals surface area contributed by atoms with Gasteiger partial charge in [-0.2, -0.15) is 0 Å². The Morgan fingerprint density at radius 2 is 1.67 bits per heavy atom. The molecule has 39 heavy (non-hydrogen) atoms. The number of para-hydroxylation sites is 1. The standard InChI is InChI=1S/C32H34N4O3/c1-23(2)36(32(38)33-26-16-14-24(3)15-17-26)22-30(37)35-20-19-34-18-8-13-29(34)31(35)25-9-7-12-28(21-25)39-27-10-5-4-6-11-27/h4-18,21,23,31H,19-20,22H2,1-3H3,(H,33,38)/t31-/m1/s1. The van der Waals surface area contributed by atoms with Gasteiger partial charge in [0.15, 0.2) is 0 Å². The van der Waals surface area contributed by atoms with Crippen LogP contribution in [0.4, 0.5) is 10.5 Å². The molecule has 1 aliphatic heterocycles. The van der Waals surface area contributed by atoms with Crippen molar-refractivity contribution in [3.05, 3.63) is 114 Å². The van der Waals surface area contributed by atoms with Gasteiger partial charge in [-0.25, -0.2) is 4.79 Å². The Labute approximate surface area is 229 Å². The first-order chi connectivity index (χ1) is 18.9. The molecule has 3 aromatic carbocycles. The van der Waals surface area contributed by atoms with Gasteiger partial charge in [0.2, 0.25) is 5.91 Å². The number of ether oxygens (including phenoxy) is 1. The predicted molar refractivity (Wildman–Crippen MR) is 153 cm³/mol. The Balaban J connectivity index is 1.39. The molecule has 5 rings (SSSR count). The van der Waals surface area contributed by atoms with E-state index < -0.39 is 0 Å². The fraction of sp³-hybridized carbons (Fsp3) is 0.250. The fourth-order valence-corrected chi connectivity index (χ4v) is 4.93. The highest BCUT2D eigenvalue weighted by Crippen LogP contribution is 2.35. The number of rotatable bonds is 7. The number of urea groups is 1. The molecule has 1 aromatic heterocycles. The highest BCUT2D eigenvalue weighted by Gasteiger charge is 2.34. The molecule has 0 aliphatic carbocycles. The third kappa shape index (κ3) is 5.98. The van der Waals surface area contributed by atoms with E-state index in [1.807, 2.05) is 117 Å². The van der Waals surface area contributed by atoms with E-state index in [2.05, 4.69) is 16.0 Å². The SMILES string of the molecule is Cc1ccc(NC(=O)N(CC(=O)N2CCn3cccc3[C@H]2c2cccc(Oc3ccccc3)c2)C(C)C)cc1. The van der Waals surface area contributed by atoms with Gasteiger partial charge in [0.25, 0.3) is 0 Å². The number of anilines is 1. The van der Waals surface area contributed by atoms with E-state index in [4.69, 9.17) is 4.74 Å². The zero-order chi connectivity index (χ0) is 27.4. The van der Waals surface area contributed by atoms with Gasteiger partial charge >= 0.3 is 6.03 Å². The van der Waals surface area contributed by atoms with Crippen molar-refractivity contribution < 1.29 is 14.3 Å². The molecule has 200 valence electrons. The minimum atomic E-state index is -0.297. The molecule has 0 fully saturated rings. The Bertz CT molecular complexity index is 1430. The third-order valence-electron chi connectivity index (χ3n) is 7.00. The smallest absolute Gasteiger partial charge is 0.322 e. The van der Waals surface area contributed by atoms with Crippen molar-refractivity contribution >= 4 is 17.6 Å². The first-order valence-corrected chi connectivity index (χ1v) is 13.3. The van der Waals surface area contributed by atoms with E-state index in [1.165, 1.54) is 0 Å². The van der Waals surface area contributed by atoms with Crippen molar-refractivity contribution in [2.45, 2.75) is 39.4 Å². The monoisotopic (exact) mass is 522 g/mol. The van der Waals surface area contributed by atoms with Crippen molar-refractivity contribution in [2.75, 3.05) is 18.4 Å². The van der Waals surface area contributed by atoms with Crippen molar-refractivity contribution in [1.82, 2.24) is 14.4 Å². The van der Waals surface area contributed by atoms with E-state index in [1.54, 1.807) is 4.90 Å². The number of nitrogens with zero attached hydrogens (tertiary/aromatic N) is 3. The number of benzene rings is 3. The third-order valence-corrected chi connectivity index (χ3v) is 7.00. The maximum Gasteiger partial charge on any atom is 0.322 e. The zero-order valence-electron chi connectivity index (χ0n) is 22.6. The molecule has 0 unspecified atom stereocenters. The van der Waals surface area contributed by atoms with Crippen LogP contribution in [-0.2, 0) is 11.3 Å². The Morgan fingerprint density at radius 1 is 0.923 bits per heavy atom. The Hall–Kier alpha value is -4.52. The first kappa shape index (κ1) is 26.1. The number of carbonyl (C=O) groups excluding carboxylic acids is 2. The average molecular weight is 523 g/mol. The topological polar surface area (TPSA) is 66.8 Å². The number of aromatic nitrogens is 1. The molecule has 7 nitrogen and oxygen atoms in total. The van der Waals surface area contributed by atoms with Crippen LogP contribution < -0.4 is 10.1 Å². The number of hydrogen-bond acceptors (Lipinski definition) is 3. The summed E-state index contributed by atoms with van der Waals surface area (Å²) in [5.41, 5.74) is 3.80. The summed E-state index contributed by atoms with van der Waals surface area (Å²) in [6, 6.07) is 28.5. The lowest BCUT2D eigenvalue weighted by molar-refractivity contribution is -0.134. The van der Waals surface area contributed by atoms with E-state index in [0.29, 0.717) is 24.5 Å². The maximum absolute atomic E-state index is 13.9. The molecule has 0 saturated carbocycles. The van der Waals surface area contributed by atoms with Crippen LogP contribution in [0.1, 0.15) is 36.7 Å². The summed E-state index contributed by atoms with van der Waals surface area (Å²) in [5.74, 6) is 1.35. The molecule has 0 spiro atoms. The molecule has 4 aromatic rings. The second-order valence-corrected chi connectivity index (χ2v) is 10.1.